The van der Waals surface area contributed by atoms with E-state index in [4.69, 9.17) is 0 Å². The van der Waals surface area contributed by atoms with Crippen molar-refractivity contribution >= 4 is 28.6 Å². The minimum atomic E-state index is -0.458. The molecule has 0 aliphatic heterocycles. The smallest absolute Gasteiger partial charge is 0.292 e. The van der Waals surface area contributed by atoms with Crippen LogP contribution in [-0.2, 0) is 6.54 Å². The minimum absolute atomic E-state index is 0.0412. The molecule has 7 heteroatoms. The summed E-state index contributed by atoms with van der Waals surface area (Å²) in [4.78, 5) is 24.0. The zero-order chi connectivity index (χ0) is 15.4. The van der Waals surface area contributed by atoms with Crippen molar-refractivity contribution in [2.24, 2.45) is 0 Å². The van der Waals surface area contributed by atoms with E-state index in [1.165, 1.54) is 23.1 Å². The topological polar surface area (TPSA) is 75.5 Å². The lowest BCUT2D eigenvalue weighted by Crippen LogP contribution is -2.21. The van der Waals surface area contributed by atoms with E-state index in [1.807, 2.05) is 16.8 Å². The standard InChI is InChI=1S/C14H15N3O3S/c1-16(2)14(18)11-3-4-13(17(19)20)12(7-11)15-8-10-5-6-21-9-10/h3-7,9,15H,8H2,1-2H3. The summed E-state index contributed by atoms with van der Waals surface area (Å²) in [7, 11) is 3.28. The van der Waals surface area contributed by atoms with Crippen molar-refractivity contribution in [1.29, 1.82) is 0 Å². The second-order valence-electron chi connectivity index (χ2n) is 4.67. The van der Waals surface area contributed by atoms with E-state index >= 15 is 0 Å². The van der Waals surface area contributed by atoms with Crippen LogP contribution in [0.2, 0.25) is 0 Å². The van der Waals surface area contributed by atoms with E-state index in [0.717, 1.165) is 5.56 Å². The first-order valence-corrected chi connectivity index (χ1v) is 7.18. The number of thiophene rings is 1. The summed E-state index contributed by atoms with van der Waals surface area (Å²) in [6.07, 6.45) is 0. The SMILES string of the molecule is CN(C)C(=O)c1ccc([N+](=O)[O-])c(NCc2ccsc2)c1. The number of carbonyl (C=O) groups excluding carboxylic acids is 1. The van der Waals surface area contributed by atoms with Gasteiger partial charge in [0.2, 0.25) is 0 Å². The van der Waals surface area contributed by atoms with Gasteiger partial charge in [0.15, 0.2) is 0 Å². The van der Waals surface area contributed by atoms with Crippen LogP contribution in [-0.4, -0.2) is 29.8 Å². The third kappa shape index (κ3) is 3.57. The second-order valence-corrected chi connectivity index (χ2v) is 5.45. The molecule has 0 saturated carbocycles. The number of carbonyl (C=O) groups is 1. The van der Waals surface area contributed by atoms with Crippen molar-refractivity contribution in [3.63, 3.8) is 0 Å². The van der Waals surface area contributed by atoms with Crippen LogP contribution in [0.15, 0.2) is 35.0 Å². The molecule has 0 bridgehead atoms. The lowest BCUT2D eigenvalue weighted by Gasteiger charge is -2.12. The number of rotatable bonds is 5. The molecule has 0 fully saturated rings. The van der Waals surface area contributed by atoms with Crippen molar-refractivity contribution < 1.29 is 9.72 Å². The molecule has 21 heavy (non-hydrogen) atoms. The molecule has 0 radical (unpaired) electrons. The molecule has 0 unspecified atom stereocenters. The fraction of sp³-hybridized carbons (Fsp3) is 0.214. The number of benzene rings is 1. The van der Waals surface area contributed by atoms with Crippen LogP contribution in [0.3, 0.4) is 0 Å². The summed E-state index contributed by atoms with van der Waals surface area (Å²) in [5, 5.41) is 18.0. The molecule has 0 atom stereocenters. The van der Waals surface area contributed by atoms with E-state index in [0.29, 0.717) is 17.8 Å². The maximum Gasteiger partial charge on any atom is 0.292 e. The lowest BCUT2D eigenvalue weighted by molar-refractivity contribution is -0.384. The summed E-state index contributed by atoms with van der Waals surface area (Å²) in [5.74, 6) is -0.191. The highest BCUT2D eigenvalue weighted by molar-refractivity contribution is 7.07. The van der Waals surface area contributed by atoms with Crippen molar-refractivity contribution in [3.8, 4) is 0 Å². The largest absolute Gasteiger partial charge is 0.375 e. The van der Waals surface area contributed by atoms with Gasteiger partial charge in [0.25, 0.3) is 11.6 Å². The molecule has 2 aromatic rings. The summed E-state index contributed by atoms with van der Waals surface area (Å²) in [6, 6.07) is 6.29. The molecular weight excluding hydrogens is 290 g/mol. The Morgan fingerprint density at radius 1 is 1.38 bits per heavy atom. The van der Waals surface area contributed by atoms with Gasteiger partial charge in [-0.3, -0.25) is 14.9 Å². The van der Waals surface area contributed by atoms with E-state index in [1.54, 1.807) is 25.4 Å². The molecule has 1 heterocycles. The van der Waals surface area contributed by atoms with Crippen LogP contribution in [0, 0.1) is 10.1 Å². The van der Waals surface area contributed by atoms with E-state index in [2.05, 4.69) is 5.32 Å². The summed E-state index contributed by atoms with van der Waals surface area (Å²) >= 11 is 1.56. The number of nitro groups is 1. The Kier molecular flexibility index (Phi) is 4.54. The quantitative estimate of drug-likeness (QED) is 0.680. The van der Waals surface area contributed by atoms with Gasteiger partial charge in [-0.25, -0.2) is 0 Å². The zero-order valence-electron chi connectivity index (χ0n) is 11.7. The van der Waals surface area contributed by atoms with Gasteiger partial charge in [-0.1, -0.05) is 0 Å². The number of hydrogen-bond acceptors (Lipinski definition) is 5. The van der Waals surface area contributed by atoms with Crippen LogP contribution in [0.1, 0.15) is 15.9 Å². The first-order chi connectivity index (χ1) is 9.99. The summed E-state index contributed by atoms with van der Waals surface area (Å²) < 4.78 is 0. The van der Waals surface area contributed by atoms with Crippen LogP contribution in [0.5, 0.6) is 0 Å². The maximum absolute atomic E-state index is 11.9. The van der Waals surface area contributed by atoms with Crippen LogP contribution < -0.4 is 5.32 Å². The van der Waals surface area contributed by atoms with Crippen molar-refractivity contribution in [1.82, 2.24) is 4.90 Å². The Morgan fingerprint density at radius 3 is 2.71 bits per heavy atom. The molecule has 6 nitrogen and oxygen atoms in total. The molecule has 1 aromatic heterocycles. The molecule has 110 valence electrons. The zero-order valence-corrected chi connectivity index (χ0v) is 12.5. The first-order valence-electron chi connectivity index (χ1n) is 6.24. The van der Waals surface area contributed by atoms with Crippen LogP contribution >= 0.6 is 11.3 Å². The third-order valence-corrected chi connectivity index (χ3v) is 3.64. The lowest BCUT2D eigenvalue weighted by atomic mass is 10.1. The molecule has 0 aliphatic carbocycles. The number of nitrogens with one attached hydrogen (secondary N) is 1. The number of nitro benzene ring substituents is 1. The van der Waals surface area contributed by atoms with Gasteiger partial charge < -0.3 is 10.2 Å². The molecule has 0 saturated heterocycles. The highest BCUT2D eigenvalue weighted by Gasteiger charge is 2.17. The third-order valence-electron chi connectivity index (χ3n) is 2.91. The highest BCUT2D eigenvalue weighted by atomic mass is 32.1. The predicted octanol–water partition coefficient (Wildman–Crippen LogP) is 2.97. The van der Waals surface area contributed by atoms with Gasteiger partial charge in [0.05, 0.1) is 4.92 Å². The maximum atomic E-state index is 11.9. The first kappa shape index (κ1) is 15.0. The average Bonchev–Trinajstić information content (AvgIpc) is 2.97. The van der Waals surface area contributed by atoms with E-state index in [9.17, 15) is 14.9 Å². The Labute approximate surface area is 126 Å². The highest BCUT2D eigenvalue weighted by Crippen LogP contribution is 2.26. The van der Waals surface area contributed by atoms with Gasteiger partial charge in [0, 0.05) is 32.3 Å². The van der Waals surface area contributed by atoms with Crippen LogP contribution in [0.4, 0.5) is 11.4 Å². The van der Waals surface area contributed by atoms with Gasteiger partial charge in [-0.05, 0) is 34.5 Å². The second kappa shape index (κ2) is 6.36. The number of nitrogens with zero attached hydrogens (tertiary/aromatic N) is 2. The van der Waals surface area contributed by atoms with Crippen molar-refractivity contribution in [2.45, 2.75) is 6.54 Å². The molecule has 1 aromatic carbocycles. The molecule has 0 spiro atoms. The Morgan fingerprint density at radius 2 is 2.14 bits per heavy atom. The Hall–Kier alpha value is -2.41. The summed E-state index contributed by atoms with van der Waals surface area (Å²) in [5.41, 5.74) is 1.76. The normalized spacial score (nSPS) is 10.2. The number of amides is 1. The monoisotopic (exact) mass is 305 g/mol. The fourth-order valence-corrected chi connectivity index (χ4v) is 2.49. The fourth-order valence-electron chi connectivity index (χ4n) is 1.82. The van der Waals surface area contributed by atoms with Gasteiger partial charge in [0.1, 0.15) is 5.69 Å². The van der Waals surface area contributed by atoms with Crippen LogP contribution in [0.25, 0.3) is 0 Å². The Bertz CT molecular complexity index is 653. The molecule has 2 rings (SSSR count). The van der Waals surface area contributed by atoms with Crippen molar-refractivity contribution in [2.75, 3.05) is 19.4 Å². The van der Waals surface area contributed by atoms with Crippen molar-refractivity contribution in [3.05, 3.63) is 56.3 Å². The Balaban J connectivity index is 2.28. The molecular formula is C14H15N3O3S. The average molecular weight is 305 g/mol. The van der Waals surface area contributed by atoms with Gasteiger partial charge >= 0.3 is 0 Å². The predicted molar refractivity (Wildman–Crippen MR) is 82.8 cm³/mol. The molecule has 0 aliphatic rings. The van der Waals surface area contributed by atoms with E-state index in [-0.39, 0.29) is 11.6 Å². The molecule has 1 N–H and O–H groups in total. The minimum Gasteiger partial charge on any atom is -0.375 e. The number of hydrogen-bond donors (Lipinski definition) is 1. The summed E-state index contributed by atoms with van der Waals surface area (Å²) in [6.45, 7) is 0.476. The molecule has 1 amide bonds. The number of anilines is 1. The van der Waals surface area contributed by atoms with Gasteiger partial charge in [-0.2, -0.15) is 11.3 Å². The van der Waals surface area contributed by atoms with Gasteiger partial charge in [-0.15, -0.1) is 0 Å². The van der Waals surface area contributed by atoms with E-state index < -0.39 is 4.92 Å².